The highest BCUT2D eigenvalue weighted by molar-refractivity contribution is 7.80. The molecular formula is C19H13ClN4O2S2. The maximum absolute atomic E-state index is 12.5. The largest absolute Gasteiger partial charge is 0.451 e. The van der Waals surface area contributed by atoms with E-state index in [1.807, 2.05) is 31.2 Å². The number of rotatable bonds is 3. The third-order valence-electron chi connectivity index (χ3n) is 4.06. The molecule has 2 aromatic heterocycles. The minimum Gasteiger partial charge on any atom is -0.451 e. The lowest BCUT2D eigenvalue weighted by molar-refractivity contribution is 0.0951. The number of carbonyl (C=O) groups excluding carboxylic acids is 1. The molecule has 4 aromatic rings. The number of hydrogen-bond donors (Lipinski definition) is 2. The van der Waals surface area contributed by atoms with Crippen molar-refractivity contribution in [3.05, 3.63) is 64.9 Å². The predicted octanol–water partition coefficient (Wildman–Crippen LogP) is 5.04. The molecule has 0 fully saturated rings. The Kier molecular flexibility index (Phi) is 5.08. The molecule has 0 saturated carbocycles. The molecule has 4 rings (SSSR count). The zero-order chi connectivity index (χ0) is 19.7. The molecule has 140 valence electrons. The van der Waals surface area contributed by atoms with Crippen LogP contribution < -0.4 is 10.6 Å². The summed E-state index contributed by atoms with van der Waals surface area (Å²) >= 11 is 12.3. The summed E-state index contributed by atoms with van der Waals surface area (Å²) in [5, 5.41) is 6.44. The standard InChI is InChI=1S/C19H13ClN4O2S2/c1-10-2-7-13-17(24-28-23-13)16(10)21-19(27)22-18(25)15-9-8-14(26-15)11-3-5-12(20)6-4-11/h2-9H,1H3,(H2,21,22,25,27). The molecule has 0 aliphatic carbocycles. The zero-order valence-corrected chi connectivity index (χ0v) is 16.9. The van der Waals surface area contributed by atoms with Gasteiger partial charge < -0.3 is 9.73 Å². The number of nitrogens with zero attached hydrogens (tertiary/aromatic N) is 2. The van der Waals surface area contributed by atoms with E-state index in [0.29, 0.717) is 16.3 Å². The van der Waals surface area contributed by atoms with Gasteiger partial charge in [-0.1, -0.05) is 17.7 Å². The topological polar surface area (TPSA) is 80.0 Å². The molecule has 0 aliphatic heterocycles. The minimum atomic E-state index is -0.445. The van der Waals surface area contributed by atoms with Gasteiger partial charge in [0.2, 0.25) is 0 Å². The Morgan fingerprint density at radius 2 is 1.89 bits per heavy atom. The van der Waals surface area contributed by atoms with Crippen LogP contribution in [0.2, 0.25) is 5.02 Å². The van der Waals surface area contributed by atoms with Crippen LogP contribution in [0.25, 0.3) is 22.4 Å². The molecular weight excluding hydrogens is 416 g/mol. The highest BCUT2D eigenvalue weighted by atomic mass is 35.5. The third kappa shape index (κ3) is 3.75. The van der Waals surface area contributed by atoms with E-state index in [0.717, 1.165) is 34.1 Å². The second-order valence-corrected chi connectivity index (χ2v) is 7.34. The van der Waals surface area contributed by atoms with Crippen molar-refractivity contribution in [1.29, 1.82) is 0 Å². The lowest BCUT2D eigenvalue weighted by atomic mass is 10.1. The van der Waals surface area contributed by atoms with Crippen LogP contribution in [0.4, 0.5) is 5.69 Å². The number of furan rings is 1. The third-order valence-corrected chi connectivity index (χ3v) is 5.06. The minimum absolute atomic E-state index is 0.151. The Labute approximate surface area is 174 Å². The smallest absolute Gasteiger partial charge is 0.293 e. The van der Waals surface area contributed by atoms with Crippen LogP contribution in [0, 0.1) is 6.92 Å². The van der Waals surface area contributed by atoms with E-state index < -0.39 is 5.91 Å². The molecule has 0 bridgehead atoms. The number of benzene rings is 2. The van der Waals surface area contributed by atoms with Crippen LogP contribution in [0.5, 0.6) is 0 Å². The van der Waals surface area contributed by atoms with Crippen LogP contribution in [0.15, 0.2) is 52.9 Å². The first-order valence-corrected chi connectivity index (χ1v) is 9.73. The number of carbonyl (C=O) groups is 1. The Bertz CT molecular complexity index is 1180. The Balaban J connectivity index is 1.48. The van der Waals surface area contributed by atoms with Gasteiger partial charge in [-0.25, -0.2) is 0 Å². The summed E-state index contributed by atoms with van der Waals surface area (Å²) in [5.41, 5.74) is 3.97. The van der Waals surface area contributed by atoms with Crippen molar-refractivity contribution in [2.24, 2.45) is 0 Å². The van der Waals surface area contributed by atoms with Gasteiger partial charge in [-0.05, 0) is 67.2 Å². The molecule has 0 spiro atoms. The number of fused-ring (bicyclic) bond motifs is 1. The second kappa shape index (κ2) is 7.67. The van der Waals surface area contributed by atoms with E-state index >= 15 is 0 Å². The first-order chi connectivity index (χ1) is 13.5. The molecule has 6 nitrogen and oxygen atoms in total. The first kappa shape index (κ1) is 18.5. The van der Waals surface area contributed by atoms with Crippen LogP contribution in [0.3, 0.4) is 0 Å². The van der Waals surface area contributed by atoms with Crippen molar-refractivity contribution < 1.29 is 9.21 Å². The number of aromatic nitrogens is 2. The van der Waals surface area contributed by atoms with Crippen molar-refractivity contribution >= 4 is 63.3 Å². The van der Waals surface area contributed by atoms with Gasteiger partial charge in [0.1, 0.15) is 16.8 Å². The number of amides is 1. The van der Waals surface area contributed by atoms with Crippen molar-refractivity contribution in [3.8, 4) is 11.3 Å². The van der Waals surface area contributed by atoms with Crippen molar-refractivity contribution in [2.45, 2.75) is 6.92 Å². The van der Waals surface area contributed by atoms with Gasteiger partial charge in [0.15, 0.2) is 10.9 Å². The number of aryl methyl sites for hydroxylation is 1. The van der Waals surface area contributed by atoms with Crippen LogP contribution in [0.1, 0.15) is 16.1 Å². The van der Waals surface area contributed by atoms with Gasteiger partial charge >= 0.3 is 0 Å². The number of nitrogens with one attached hydrogen (secondary N) is 2. The molecule has 0 aliphatic rings. The Hall–Kier alpha value is -2.81. The summed E-state index contributed by atoms with van der Waals surface area (Å²) in [6, 6.07) is 14.3. The summed E-state index contributed by atoms with van der Waals surface area (Å²) in [7, 11) is 0. The summed E-state index contributed by atoms with van der Waals surface area (Å²) in [4.78, 5) is 12.5. The normalized spacial score (nSPS) is 10.8. The fraction of sp³-hybridized carbons (Fsp3) is 0.0526. The quantitative estimate of drug-likeness (QED) is 0.445. The van der Waals surface area contributed by atoms with E-state index in [4.69, 9.17) is 28.2 Å². The Morgan fingerprint density at radius 3 is 2.68 bits per heavy atom. The lowest BCUT2D eigenvalue weighted by Crippen LogP contribution is -2.34. The Morgan fingerprint density at radius 1 is 1.11 bits per heavy atom. The van der Waals surface area contributed by atoms with E-state index in [2.05, 4.69) is 19.4 Å². The molecule has 0 unspecified atom stereocenters. The SMILES string of the molecule is Cc1ccc2nsnc2c1NC(=S)NC(=O)c1ccc(-c2ccc(Cl)cc2)o1. The van der Waals surface area contributed by atoms with Gasteiger partial charge in [-0.3, -0.25) is 10.1 Å². The van der Waals surface area contributed by atoms with Gasteiger partial charge in [0, 0.05) is 10.6 Å². The molecule has 2 heterocycles. The molecule has 9 heteroatoms. The molecule has 1 amide bonds. The molecule has 0 radical (unpaired) electrons. The van der Waals surface area contributed by atoms with Gasteiger partial charge in [-0.15, -0.1) is 0 Å². The van der Waals surface area contributed by atoms with Crippen molar-refractivity contribution in [1.82, 2.24) is 14.1 Å². The number of thiocarbonyl (C=S) groups is 1. The van der Waals surface area contributed by atoms with Crippen molar-refractivity contribution in [3.63, 3.8) is 0 Å². The average molecular weight is 429 g/mol. The molecule has 0 atom stereocenters. The summed E-state index contributed by atoms with van der Waals surface area (Å²) in [5.74, 6) is 0.271. The second-order valence-electron chi connectivity index (χ2n) is 5.97. The fourth-order valence-electron chi connectivity index (χ4n) is 2.65. The van der Waals surface area contributed by atoms with Crippen molar-refractivity contribution in [2.75, 3.05) is 5.32 Å². The molecule has 0 saturated heterocycles. The summed E-state index contributed by atoms with van der Waals surface area (Å²) in [6.45, 7) is 1.93. The van der Waals surface area contributed by atoms with Crippen LogP contribution >= 0.6 is 35.5 Å². The first-order valence-electron chi connectivity index (χ1n) is 8.21. The number of hydrogen-bond acceptors (Lipinski definition) is 6. The zero-order valence-electron chi connectivity index (χ0n) is 14.5. The highest BCUT2D eigenvalue weighted by Gasteiger charge is 2.16. The monoisotopic (exact) mass is 428 g/mol. The van der Waals surface area contributed by atoms with E-state index in [9.17, 15) is 4.79 Å². The molecule has 2 N–H and O–H groups in total. The molecule has 2 aromatic carbocycles. The predicted molar refractivity (Wildman–Crippen MR) is 115 cm³/mol. The lowest BCUT2D eigenvalue weighted by Gasteiger charge is -2.11. The van der Waals surface area contributed by atoms with Gasteiger partial charge in [0.25, 0.3) is 5.91 Å². The van der Waals surface area contributed by atoms with Gasteiger partial charge in [-0.2, -0.15) is 8.75 Å². The summed E-state index contributed by atoms with van der Waals surface area (Å²) < 4.78 is 14.1. The van der Waals surface area contributed by atoms with E-state index in [1.165, 1.54) is 0 Å². The molecule has 28 heavy (non-hydrogen) atoms. The van der Waals surface area contributed by atoms with E-state index in [1.54, 1.807) is 24.3 Å². The maximum atomic E-state index is 12.5. The maximum Gasteiger partial charge on any atom is 0.293 e. The fourth-order valence-corrected chi connectivity index (χ4v) is 3.51. The van der Waals surface area contributed by atoms with E-state index in [-0.39, 0.29) is 10.9 Å². The highest BCUT2D eigenvalue weighted by Crippen LogP contribution is 2.26. The van der Waals surface area contributed by atoms with Crippen LogP contribution in [-0.4, -0.2) is 19.8 Å². The van der Waals surface area contributed by atoms with Crippen LogP contribution in [-0.2, 0) is 0 Å². The average Bonchev–Trinajstić information content (AvgIpc) is 3.34. The number of halogens is 1. The number of anilines is 1. The summed E-state index contributed by atoms with van der Waals surface area (Å²) in [6.07, 6.45) is 0. The van der Waals surface area contributed by atoms with Gasteiger partial charge in [0.05, 0.1) is 17.4 Å².